The Balaban J connectivity index is 1.51. The third-order valence-corrected chi connectivity index (χ3v) is 5.92. The standard InChI is InChI=1S/C22H29N3O5/c1-3-24(14-19(26)23-15-8-10-16(30-2)11-9-15)20(27)12-13-25-21(28)17-6-4-5-7-18(17)22(25)29/h8-11,17-18H,3-7,12-14H2,1-2H3,(H,23,26)/t17-,18-/m0/s1. The van der Waals surface area contributed by atoms with Gasteiger partial charge < -0.3 is 15.0 Å². The number of fused-ring (bicyclic) bond motifs is 1. The van der Waals surface area contributed by atoms with Gasteiger partial charge in [-0.25, -0.2) is 0 Å². The molecule has 0 bridgehead atoms. The van der Waals surface area contributed by atoms with Crippen molar-refractivity contribution >= 4 is 29.3 Å². The van der Waals surface area contributed by atoms with Crippen molar-refractivity contribution in [3.8, 4) is 5.75 Å². The molecule has 1 heterocycles. The van der Waals surface area contributed by atoms with Crippen molar-refractivity contribution in [3.63, 3.8) is 0 Å². The Morgan fingerprint density at radius 1 is 1.10 bits per heavy atom. The van der Waals surface area contributed by atoms with Gasteiger partial charge in [0.2, 0.25) is 23.6 Å². The number of methoxy groups -OCH3 is 1. The number of rotatable bonds is 8. The summed E-state index contributed by atoms with van der Waals surface area (Å²) >= 11 is 0. The lowest BCUT2D eigenvalue weighted by Crippen LogP contribution is -2.40. The maximum atomic E-state index is 12.6. The molecule has 1 saturated carbocycles. The van der Waals surface area contributed by atoms with E-state index in [1.807, 2.05) is 0 Å². The molecule has 2 fully saturated rings. The summed E-state index contributed by atoms with van der Waals surface area (Å²) in [4.78, 5) is 52.7. The molecule has 0 unspecified atom stereocenters. The summed E-state index contributed by atoms with van der Waals surface area (Å²) in [6, 6.07) is 6.91. The Morgan fingerprint density at radius 3 is 2.23 bits per heavy atom. The molecule has 0 radical (unpaired) electrons. The highest BCUT2D eigenvalue weighted by Gasteiger charge is 2.47. The highest BCUT2D eigenvalue weighted by molar-refractivity contribution is 6.05. The first-order valence-corrected chi connectivity index (χ1v) is 10.5. The van der Waals surface area contributed by atoms with Crippen molar-refractivity contribution in [1.82, 2.24) is 9.80 Å². The summed E-state index contributed by atoms with van der Waals surface area (Å²) in [5, 5.41) is 2.75. The maximum absolute atomic E-state index is 12.6. The Hall–Kier alpha value is -2.90. The fourth-order valence-electron chi connectivity index (χ4n) is 4.24. The molecule has 1 aromatic carbocycles. The zero-order valence-corrected chi connectivity index (χ0v) is 17.6. The van der Waals surface area contributed by atoms with E-state index in [0.29, 0.717) is 18.0 Å². The van der Waals surface area contributed by atoms with Gasteiger partial charge in [0.05, 0.1) is 25.5 Å². The van der Waals surface area contributed by atoms with Crippen LogP contribution in [0.3, 0.4) is 0 Å². The minimum absolute atomic E-state index is 0.0283. The molecular formula is C22H29N3O5. The largest absolute Gasteiger partial charge is 0.497 e. The van der Waals surface area contributed by atoms with E-state index in [1.165, 1.54) is 9.80 Å². The number of imide groups is 1. The van der Waals surface area contributed by atoms with Gasteiger partial charge in [-0.05, 0) is 44.0 Å². The second-order valence-corrected chi connectivity index (χ2v) is 7.76. The SMILES string of the molecule is CCN(CC(=O)Nc1ccc(OC)cc1)C(=O)CCN1C(=O)[C@H]2CCCC[C@@H]2C1=O. The third kappa shape index (κ3) is 4.80. The number of nitrogens with one attached hydrogen (secondary N) is 1. The van der Waals surface area contributed by atoms with Gasteiger partial charge in [0.1, 0.15) is 5.75 Å². The lowest BCUT2D eigenvalue weighted by Gasteiger charge is -2.22. The van der Waals surface area contributed by atoms with Crippen molar-refractivity contribution in [1.29, 1.82) is 0 Å². The minimum Gasteiger partial charge on any atom is -0.497 e. The van der Waals surface area contributed by atoms with Gasteiger partial charge in [-0.2, -0.15) is 0 Å². The molecule has 1 aliphatic heterocycles. The van der Waals surface area contributed by atoms with Gasteiger partial charge in [0.25, 0.3) is 0 Å². The summed E-state index contributed by atoms with van der Waals surface area (Å²) in [6.45, 7) is 2.15. The van der Waals surface area contributed by atoms with Gasteiger partial charge in [0, 0.05) is 25.2 Å². The first kappa shape index (κ1) is 21.8. The zero-order valence-electron chi connectivity index (χ0n) is 17.6. The Labute approximate surface area is 176 Å². The van der Waals surface area contributed by atoms with Crippen molar-refractivity contribution in [2.75, 3.05) is 32.1 Å². The monoisotopic (exact) mass is 415 g/mol. The van der Waals surface area contributed by atoms with Crippen LogP contribution in [0, 0.1) is 11.8 Å². The van der Waals surface area contributed by atoms with Crippen LogP contribution in [0.4, 0.5) is 5.69 Å². The van der Waals surface area contributed by atoms with Gasteiger partial charge in [-0.3, -0.25) is 24.1 Å². The molecule has 0 aromatic heterocycles. The van der Waals surface area contributed by atoms with E-state index in [4.69, 9.17) is 4.74 Å². The van der Waals surface area contributed by atoms with Crippen LogP contribution < -0.4 is 10.1 Å². The highest BCUT2D eigenvalue weighted by Crippen LogP contribution is 2.38. The second-order valence-electron chi connectivity index (χ2n) is 7.76. The van der Waals surface area contributed by atoms with Gasteiger partial charge in [-0.1, -0.05) is 12.8 Å². The first-order chi connectivity index (χ1) is 14.4. The van der Waals surface area contributed by atoms with Crippen LogP contribution in [-0.4, -0.2) is 60.2 Å². The molecule has 8 heteroatoms. The van der Waals surface area contributed by atoms with E-state index in [-0.39, 0.29) is 55.0 Å². The van der Waals surface area contributed by atoms with Crippen molar-refractivity contribution < 1.29 is 23.9 Å². The van der Waals surface area contributed by atoms with Gasteiger partial charge in [-0.15, -0.1) is 0 Å². The van der Waals surface area contributed by atoms with Crippen LogP contribution in [0.1, 0.15) is 39.0 Å². The maximum Gasteiger partial charge on any atom is 0.243 e. The molecule has 30 heavy (non-hydrogen) atoms. The van der Waals surface area contributed by atoms with Crippen LogP contribution in [-0.2, 0) is 19.2 Å². The number of likely N-dealkylation sites (tertiary alicyclic amines) is 1. The quantitative estimate of drug-likeness (QED) is 0.656. The van der Waals surface area contributed by atoms with Crippen LogP contribution in [0.5, 0.6) is 5.75 Å². The average molecular weight is 415 g/mol. The van der Waals surface area contributed by atoms with Crippen LogP contribution in [0.25, 0.3) is 0 Å². The van der Waals surface area contributed by atoms with E-state index in [1.54, 1.807) is 38.3 Å². The highest BCUT2D eigenvalue weighted by atomic mass is 16.5. The topological polar surface area (TPSA) is 96.0 Å². The molecule has 1 saturated heterocycles. The average Bonchev–Trinajstić information content (AvgIpc) is 3.01. The molecule has 8 nitrogen and oxygen atoms in total. The number of likely N-dealkylation sites (N-methyl/N-ethyl adjacent to an activating group) is 1. The molecule has 1 aliphatic carbocycles. The summed E-state index contributed by atoms with van der Waals surface area (Å²) in [5.74, 6) is -0.579. The Bertz CT molecular complexity index is 783. The van der Waals surface area contributed by atoms with Crippen molar-refractivity contribution in [2.45, 2.75) is 39.0 Å². The molecule has 162 valence electrons. The molecule has 3 rings (SSSR count). The number of carbonyl (C=O) groups is 4. The number of carbonyl (C=O) groups excluding carboxylic acids is 4. The fourth-order valence-corrected chi connectivity index (χ4v) is 4.24. The number of nitrogens with zero attached hydrogens (tertiary/aromatic N) is 2. The van der Waals surface area contributed by atoms with Crippen LogP contribution >= 0.6 is 0 Å². The first-order valence-electron chi connectivity index (χ1n) is 10.5. The molecule has 0 spiro atoms. The van der Waals surface area contributed by atoms with E-state index < -0.39 is 0 Å². The number of hydrogen-bond acceptors (Lipinski definition) is 5. The normalized spacial score (nSPS) is 20.7. The number of benzene rings is 1. The number of hydrogen-bond donors (Lipinski definition) is 1. The Kier molecular flexibility index (Phi) is 7.07. The van der Waals surface area contributed by atoms with E-state index in [2.05, 4.69) is 5.32 Å². The van der Waals surface area contributed by atoms with Crippen LogP contribution in [0.15, 0.2) is 24.3 Å². The lowest BCUT2D eigenvalue weighted by molar-refractivity contribution is -0.141. The predicted molar refractivity (Wildman–Crippen MR) is 111 cm³/mol. The number of ether oxygens (including phenoxy) is 1. The predicted octanol–water partition coefficient (Wildman–Crippen LogP) is 2.05. The molecule has 4 amide bonds. The van der Waals surface area contributed by atoms with Crippen molar-refractivity contribution in [2.24, 2.45) is 11.8 Å². The van der Waals surface area contributed by atoms with E-state index in [9.17, 15) is 19.2 Å². The summed E-state index contributed by atoms with van der Waals surface area (Å²) in [6.07, 6.45) is 3.49. The zero-order chi connectivity index (χ0) is 21.7. The van der Waals surface area contributed by atoms with Crippen LogP contribution in [0.2, 0.25) is 0 Å². The van der Waals surface area contributed by atoms with Gasteiger partial charge in [0.15, 0.2) is 0 Å². The molecule has 2 atom stereocenters. The second kappa shape index (κ2) is 9.73. The minimum atomic E-state index is -0.310. The summed E-state index contributed by atoms with van der Waals surface area (Å²) < 4.78 is 5.09. The van der Waals surface area contributed by atoms with Gasteiger partial charge >= 0.3 is 0 Å². The van der Waals surface area contributed by atoms with Crippen molar-refractivity contribution in [3.05, 3.63) is 24.3 Å². The fraction of sp³-hybridized carbons (Fsp3) is 0.545. The molecular weight excluding hydrogens is 386 g/mol. The molecule has 2 aliphatic rings. The lowest BCUT2D eigenvalue weighted by atomic mass is 9.81. The summed E-state index contributed by atoms with van der Waals surface area (Å²) in [5.41, 5.74) is 0.611. The molecule has 1 N–H and O–H groups in total. The molecule has 1 aromatic rings. The number of amides is 4. The summed E-state index contributed by atoms with van der Waals surface area (Å²) in [7, 11) is 1.56. The number of anilines is 1. The third-order valence-electron chi connectivity index (χ3n) is 5.92. The van der Waals surface area contributed by atoms with E-state index >= 15 is 0 Å². The smallest absolute Gasteiger partial charge is 0.243 e. The van der Waals surface area contributed by atoms with E-state index in [0.717, 1.165) is 25.7 Å². The Morgan fingerprint density at radius 2 is 1.70 bits per heavy atom.